The minimum absolute atomic E-state index is 0.0642. The van der Waals surface area contributed by atoms with Gasteiger partial charge < -0.3 is 15.2 Å². The van der Waals surface area contributed by atoms with Crippen molar-refractivity contribution in [2.45, 2.75) is 18.6 Å². The molecule has 1 atom stereocenters. The van der Waals surface area contributed by atoms with Gasteiger partial charge in [0, 0.05) is 0 Å². The van der Waals surface area contributed by atoms with Crippen LogP contribution in [0.1, 0.15) is 12.0 Å². The molecule has 0 aromatic heterocycles. The van der Waals surface area contributed by atoms with Gasteiger partial charge in [0.15, 0.2) is 0 Å². The standard InChI is InChI=1S/C14H14F4N2O7S/c1-27-12(22)5-10(13(23)24)19-11(21)6-28(25,26)20-9-3-2-7(15)4-8(9)14(16,17)18/h2-4,10,20H,5-6H2,1H3,(H,19,21)(H,23,24). The monoisotopic (exact) mass is 430 g/mol. The highest BCUT2D eigenvalue weighted by Crippen LogP contribution is 2.35. The molecule has 1 aromatic carbocycles. The zero-order valence-electron chi connectivity index (χ0n) is 14.0. The first-order chi connectivity index (χ1) is 12.7. The number of carboxylic acids is 1. The summed E-state index contributed by atoms with van der Waals surface area (Å²) in [6.07, 6.45) is -5.89. The maximum absolute atomic E-state index is 13.0. The second-order valence-corrected chi connectivity index (χ2v) is 7.01. The van der Waals surface area contributed by atoms with E-state index in [0.717, 1.165) is 7.11 Å². The van der Waals surface area contributed by atoms with Crippen molar-refractivity contribution in [3.8, 4) is 0 Å². The molecule has 1 rings (SSSR count). The van der Waals surface area contributed by atoms with E-state index in [1.165, 1.54) is 4.72 Å². The van der Waals surface area contributed by atoms with E-state index >= 15 is 0 Å². The lowest BCUT2D eigenvalue weighted by Gasteiger charge is -2.16. The Labute approximate surface area is 155 Å². The normalized spacial score (nSPS) is 12.8. The molecule has 0 heterocycles. The number of ether oxygens (including phenoxy) is 1. The van der Waals surface area contributed by atoms with E-state index in [9.17, 15) is 40.4 Å². The lowest BCUT2D eigenvalue weighted by molar-refractivity contribution is -0.148. The van der Waals surface area contributed by atoms with E-state index in [2.05, 4.69) is 4.74 Å². The zero-order valence-corrected chi connectivity index (χ0v) is 14.9. The number of sulfonamides is 1. The molecule has 3 N–H and O–H groups in total. The number of aliphatic carboxylic acids is 1. The quantitative estimate of drug-likeness (QED) is 0.408. The number of anilines is 1. The number of carbonyl (C=O) groups excluding carboxylic acids is 2. The number of methoxy groups -OCH3 is 1. The molecule has 9 nitrogen and oxygen atoms in total. The second kappa shape index (κ2) is 8.86. The number of hydrogen-bond acceptors (Lipinski definition) is 6. The number of rotatable bonds is 8. The molecule has 156 valence electrons. The van der Waals surface area contributed by atoms with Crippen molar-refractivity contribution in [3.63, 3.8) is 0 Å². The molecule has 0 aliphatic carbocycles. The molecule has 0 saturated carbocycles. The molecule has 0 saturated heterocycles. The molecule has 1 unspecified atom stereocenters. The van der Waals surface area contributed by atoms with Gasteiger partial charge in [0.1, 0.15) is 17.6 Å². The third-order valence-electron chi connectivity index (χ3n) is 3.11. The summed E-state index contributed by atoms with van der Waals surface area (Å²) in [4.78, 5) is 33.8. The van der Waals surface area contributed by atoms with Crippen molar-refractivity contribution in [1.82, 2.24) is 5.32 Å². The number of carbonyl (C=O) groups is 3. The predicted molar refractivity (Wildman–Crippen MR) is 85.0 cm³/mol. The van der Waals surface area contributed by atoms with E-state index in [4.69, 9.17) is 5.11 Å². The average Bonchev–Trinajstić information content (AvgIpc) is 2.53. The largest absolute Gasteiger partial charge is 0.480 e. The van der Waals surface area contributed by atoms with Crippen LogP contribution in [0.4, 0.5) is 23.2 Å². The van der Waals surface area contributed by atoms with Crippen molar-refractivity contribution in [2.24, 2.45) is 0 Å². The Kier molecular flexibility index (Phi) is 7.32. The zero-order chi connectivity index (χ0) is 21.7. The molecular formula is C14H14F4N2O7S. The molecule has 0 bridgehead atoms. The molecule has 1 amide bonds. The van der Waals surface area contributed by atoms with Gasteiger partial charge in [-0.05, 0) is 18.2 Å². The Hall–Kier alpha value is -2.90. The Morgan fingerprint density at radius 2 is 1.86 bits per heavy atom. The number of nitrogens with one attached hydrogen (secondary N) is 2. The van der Waals surface area contributed by atoms with Crippen LogP contribution >= 0.6 is 0 Å². The first kappa shape index (κ1) is 23.1. The van der Waals surface area contributed by atoms with Gasteiger partial charge in [-0.3, -0.25) is 14.3 Å². The fraction of sp³-hybridized carbons (Fsp3) is 0.357. The molecule has 1 aromatic rings. The first-order valence-corrected chi connectivity index (χ1v) is 8.86. The molecule has 28 heavy (non-hydrogen) atoms. The highest BCUT2D eigenvalue weighted by Gasteiger charge is 2.35. The maximum Gasteiger partial charge on any atom is 0.418 e. The van der Waals surface area contributed by atoms with E-state index in [1.807, 2.05) is 0 Å². The molecule has 0 aliphatic rings. The van der Waals surface area contributed by atoms with Crippen molar-refractivity contribution >= 4 is 33.6 Å². The third-order valence-corrected chi connectivity index (χ3v) is 4.28. The summed E-state index contributed by atoms with van der Waals surface area (Å²) in [6, 6.07) is -0.657. The summed E-state index contributed by atoms with van der Waals surface area (Å²) in [7, 11) is -3.77. The van der Waals surface area contributed by atoms with Gasteiger partial charge in [-0.25, -0.2) is 17.6 Å². The van der Waals surface area contributed by atoms with Crippen LogP contribution in [0.25, 0.3) is 0 Å². The van der Waals surface area contributed by atoms with Crippen molar-refractivity contribution < 1.29 is 50.2 Å². The molecular weight excluding hydrogens is 416 g/mol. The van der Waals surface area contributed by atoms with Crippen LogP contribution in [0, 0.1) is 5.82 Å². The minimum atomic E-state index is -5.09. The van der Waals surface area contributed by atoms with Gasteiger partial charge in [0.25, 0.3) is 0 Å². The summed E-state index contributed by atoms with van der Waals surface area (Å²) < 4.78 is 81.3. The van der Waals surface area contributed by atoms with Crippen LogP contribution in [0.3, 0.4) is 0 Å². The fourth-order valence-corrected chi connectivity index (χ4v) is 2.92. The molecule has 14 heteroatoms. The van der Waals surface area contributed by atoms with Gasteiger partial charge in [-0.2, -0.15) is 13.2 Å². The highest BCUT2D eigenvalue weighted by molar-refractivity contribution is 7.93. The number of hydrogen-bond donors (Lipinski definition) is 3. The number of alkyl halides is 3. The number of esters is 1. The summed E-state index contributed by atoms with van der Waals surface area (Å²) in [5.41, 5.74) is -2.64. The number of benzene rings is 1. The first-order valence-electron chi connectivity index (χ1n) is 7.21. The Morgan fingerprint density at radius 3 is 2.36 bits per heavy atom. The fourth-order valence-electron chi connectivity index (χ4n) is 1.90. The predicted octanol–water partition coefficient (Wildman–Crippen LogP) is 0.719. The summed E-state index contributed by atoms with van der Waals surface area (Å²) >= 11 is 0. The molecule has 0 aliphatic heterocycles. The summed E-state index contributed by atoms with van der Waals surface area (Å²) in [5, 5.41) is 10.6. The Morgan fingerprint density at radius 1 is 1.25 bits per heavy atom. The SMILES string of the molecule is COC(=O)CC(NC(=O)CS(=O)(=O)Nc1ccc(F)cc1C(F)(F)F)C(=O)O. The smallest absolute Gasteiger partial charge is 0.418 e. The summed E-state index contributed by atoms with van der Waals surface area (Å²) in [6.45, 7) is 0. The van der Waals surface area contributed by atoms with E-state index in [0.29, 0.717) is 12.1 Å². The van der Waals surface area contributed by atoms with E-state index in [1.54, 1.807) is 5.32 Å². The van der Waals surface area contributed by atoms with E-state index < -0.39 is 69.3 Å². The van der Waals surface area contributed by atoms with Crippen molar-refractivity contribution in [1.29, 1.82) is 0 Å². The van der Waals surface area contributed by atoms with Crippen LogP contribution in [-0.4, -0.2) is 50.3 Å². The molecule has 0 spiro atoms. The van der Waals surface area contributed by atoms with E-state index in [-0.39, 0.29) is 6.07 Å². The highest BCUT2D eigenvalue weighted by atomic mass is 32.2. The molecule has 0 radical (unpaired) electrons. The number of amides is 1. The van der Waals surface area contributed by atoms with Crippen LogP contribution in [0.15, 0.2) is 18.2 Å². The Balaban J connectivity index is 2.94. The number of carboxylic acid groups (broad SMARTS) is 1. The Bertz CT molecular complexity index is 871. The number of halogens is 4. The summed E-state index contributed by atoms with van der Waals surface area (Å²) in [5.74, 6) is -6.79. The van der Waals surface area contributed by atoms with Gasteiger partial charge >= 0.3 is 18.1 Å². The lowest BCUT2D eigenvalue weighted by Crippen LogP contribution is -2.45. The van der Waals surface area contributed by atoms with Crippen molar-refractivity contribution in [2.75, 3.05) is 17.6 Å². The molecule has 0 fully saturated rings. The van der Waals surface area contributed by atoms with Gasteiger partial charge in [0.05, 0.1) is 24.8 Å². The van der Waals surface area contributed by atoms with Crippen LogP contribution < -0.4 is 10.0 Å². The third kappa shape index (κ3) is 7.02. The minimum Gasteiger partial charge on any atom is -0.480 e. The topological polar surface area (TPSA) is 139 Å². The lowest BCUT2D eigenvalue weighted by atomic mass is 10.2. The van der Waals surface area contributed by atoms with Gasteiger partial charge in [-0.15, -0.1) is 0 Å². The van der Waals surface area contributed by atoms with Crippen molar-refractivity contribution in [3.05, 3.63) is 29.6 Å². The van der Waals surface area contributed by atoms with Gasteiger partial charge in [0.2, 0.25) is 15.9 Å². The van der Waals surface area contributed by atoms with Crippen LogP contribution in [0.2, 0.25) is 0 Å². The average molecular weight is 430 g/mol. The second-order valence-electron chi connectivity index (χ2n) is 5.29. The van der Waals surface area contributed by atoms with Gasteiger partial charge in [-0.1, -0.05) is 0 Å². The maximum atomic E-state index is 13.0. The van der Waals surface area contributed by atoms with Crippen LogP contribution in [0.5, 0.6) is 0 Å². The van der Waals surface area contributed by atoms with Crippen LogP contribution in [-0.2, 0) is 35.3 Å².